The van der Waals surface area contributed by atoms with Gasteiger partial charge in [-0.3, -0.25) is 4.40 Å². The van der Waals surface area contributed by atoms with Crippen molar-refractivity contribution < 1.29 is 0 Å². The average Bonchev–Trinajstić information content (AvgIpc) is 2.83. The minimum absolute atomic E-state index is 0.265. The number of hydrogen-bond donors (Lipinski definition) is 0. The molecule has 2 aromatic heterocycles. The van der Waals surface area contributed by atoms with E-state index in [9.17, 15) is 0 Å². The minimum atomic E-state index is 0.265. The van der Waals surface area contributed by atoms with Crippen molar-refractivity contribution in [1.29, 1.82) is 0 Å². The molecule has 0 radical (unpaired) electrons. The fraction of sp³-hybridized carbons (Fsp3) is 0.143. The number of rotatable bonds is 3. The van der Waals surface area contributed by atoms with Crippen molar-refractivity contribution in [2.45, 2.75) is 17.3 Å². The number of nitrogens with zero attached hydrogens (tertiary/aromatic N) is 3. The van der Waals surface area contributed by atoms with Gasteiger partial charge in [-0.25, -0.2) is 0 Å². The van der Waals surface area contributed by atoms with Gasteiger partial charge in [0.25, 0.3) is 0 Å². The molecule has 20 heavy (non-hydrogen) atoms. The van der Waals surface area contributed by atoms with Gasteiger partial charge in [-0.05, 0) is 18.6 Å². The molecule has 1 atom stereocenters. The van der Waals surface area contributed by atoms with Crippen molar-refractivity contribution in [3.8, 4) is 0 Å². The van der Waals surface area contributed by atoms with E-state index in [2.05, 4.69) is 29.3 Å². The molecule has 0 fully saturated rings. The largest absolute Gasteiger partial charge is 0.275 e. The SMILES string of the molecule is C[C@H](Sc1nnc2c(Cl)cc(Cl)cn12)c1ccccc1. The number of fused-ring (bicyclic) bond motifs is 1. The fourth-order valence-electron chi connectivity index (χ4n) is 1.93. The molecule has 0 saturated carbocycles. The third-order valence-corrected chi connectivity index (χ3v) is 4.55. The van der Waals surface area contributed by atoms with Crippen molar-refractivity contribution in [3.05, 3.63) is 58.2 Å². The smallest absolute Gasteiger partial charge is 0.196 e. The molecule has 6 heteroatoms. The first-order valence-corrected chi connectivity index (χ1v) is 7.70. The molecule has 2 heterocycles. The van der Waals surface area contributed by atoms with Crippen LogP contribution in [0.3, 0.4) is 0 Å². The molecule has 0 aliphatic carbocycles. The van der Waals surface area contributed by atoms with Crippen LogP contribution in [0, 0.1) is 0 Å². The molecule has 1 aromatic carbocycles. The van der Waals surface area contributed by atoms with E-state index < -0.39 is 0 Å². The Morgan fingerprint density at radius 3 is 2.65 bits per heavy atom. The predicted molar refractivity (Wildman–Crippen MR) is 83.7 cm³/mol. The third kappa shape index (κ3) is 2.64. The zero-order chi connectivity index (χ0) is 14.1. The van der Waals surface area contributed by atoms with E-state index in [0.29, 0.717) is 15.7 Å². The van der Waals surface area contributed by atoms with Crippen LogP contribution in [-0.4, -0.2) is 14.6 Å². The van der Waals surface area contributed by atoms with Crippen LogP contribution in [0.1, 0.15) is 17.7 Å². The second-order valence-electron chi connectivity index (χ2n) is 4.35. The summed E-state index contributed by atoms with van der Waals surface area (Å²) >= 11 is 13.8. The number of benzene rings is 1. The lowest BCUT2D eigenvalue weighted by atomic mass is 10.2. The number of pyridine rings is 1. The lowest BCUT2D eigenvalue weighted by molar-refractivity contribution is 0.911. The van der Waals surface area contributed by atoms with E-state index in [1.807, 2.05) is 22.6 Å². The van der Waals surface area contributed by atoms with Crippen molar-refractivity contribution >= 4 is 40.6 Å². The molecule has 0 unspecified atom stereocenters. The summed E-state index contributed by atoms with van der Waals surface area (Å²) < 4.78 is 1.83. The zero-order valence-corrected chi connectivity index (χ0v) is 13.0. The molecule has 0 spiro atoms. The molecule has 102 valence electrons. The summed E-state index contributed by atoms with van der Waals surface area (Å²) in [4.78, 5) is 0. The molecule has 3 rings (SSSR count). The lowest BCUT2D eigenvalue weighted by Crippen LogP contribution is -1.92. The van der Waals surface area contributed by atoms with Crippen LogP contribution in [0.5, 0.6) is 0 Å². The Labute approximate surface area is 130 Å². The van der Waals surface area contributed by atoms with Gasteiger partial charge in [0, 0.05) is 11.4 Å². The van der Waals surface area contributed by atoms with Crippen molar-refractivity contribution in [1.82, 2.24) is 14.6 Å². The van der Waals surface area contributed by atoms with Crippen LogP contribution >= 0.6 is 35.0 Å². The van der Waals surface area contributed by atoms with Crippen LogP contribution in [0.15, 0.2) is 47.8 Å². The van der Waals surface area contributed by atoms with E-state index in [4.69, 9.17) is 23.2 Å². The number of thioether (sulfide) groups is 1. The van der Waals surface area contributed by atoms with E-state index in [0.717, 1.165) is 5.16 Å². The Bertz CT molecular complexity index is 743. The molecular formula is C14H11Cl2N3S. The third-order valence-electron chi connectivity index (χ3n) is 2.95. The van der Waals surface area contributed by atoms with Crippen LogP contribution in [0.2, 0.25) is 10.0 Å². The van der Waals surface area contributed by atoms with Crippen molar-refractivity contribution in [2.24, 2.45) is 0 Å². The number of halogens is 2. The van der Waals surface area contributed by atoms with Crippen molar-refractivity contribution in [2.75, 3.05) is 0 Å². The Kier molecular flexibility index (Phi) is 3.87. The normalized spacial score (nSPS) is 12.8. The van der Waals surface area contributed by atoms with Crippen LogP contribution in [-0.2, 0) is 0 Å². The highest BCUT2D eigenvalue weighted by Gasteiger charge is 2.14. The molecule has 0 amide bonds. The quantitative estimate of drug-likeness (QED) is 0.643. The topological polar surface area (TPSA) is 30.2 Å². The highest BCUT2D eigenvalue weighted by molar-refractivity contribution is 7.99. The number of hydrogen-bond acceptors (Lipinski definition) is 3. The summed E-state index contributed by atoms with van der Waals surface area (Å²) in [6.07, 6.45) is 1.78. The van der Waals surface area contributed by atoms with Crippen LogP contribution in [0.4, 0.5) is 0 Å². The number of aromatic nitrogens is 3. The summed E-state index contributed by atoms with van der Waals surface area (Å²) in [5, 5.41) is 10.4. The van der Waals surface area contributed by atoms with Gasteiger partial charge in [0.1, 0.15) is 0 Å². The molecule has 0 aliphatic heterocycles. The van der Waals surface area contributed by atoms with Gasteiger partial charge in [0.05, 0.1) is 10.0 Å². The van der Waals surface area contributed by atoms with Gasteiger partial charge in [0.2, 0.25) is 0 Å². The maximum absolute atomic E-state index is 6.11. The van der Waals surface area contributed by atoms with Gasteiger partial charge >= 0.3 is 0 Å². The average molecular weight is 324 g/mol. The minimum Gasteiger partial charge on any atom is -0.275 e. The first-order valence-electron chi connectivity index (χ1n) is 6.06. The van der Waals surface area contributed by atoms with Gasteiger partial charge in [-0.1, -0.05) is 65.3 Å². The van der Waals surface area contributed by atoms with Crippen LogP contribution < -0.4 is 0 Å². The van der Waals surface area contributed by atoms with Crippen LogP contribution in [0.25, 0.3) is 5.65 Å². The Balaban J connectivity index is 1.95. The summed E-state index contributed by atoms with van der Waals surface area (Å²) in [5.74, 6) is 0. The Morgan fingerprint density at radius 1 is 1.15 bits per heavy atom. The van der Waals surface area contributed by atoms with Gasteiger partial charge in [-0.15, -0.1) is 10.2 Å². The second-order valence-corrected chi connectivity index (χ2v) is 6.50. The predicted octanol–water partition coefficient (Wildman–Crippen LogP) is 4.89. The maximum Gasteiger partial charge on any atom is 0.196 e. The lowest BCUT2D eigenvalue weighted by Gasteiger charge is -2.10. The summed E-state index contributed by atoms with van der Waals surface area (Å²) in [7, 11) is 0. The summed E-state index contributed by atoms with van der Waals surface area (Å²) in [5.41, 5.74) is 1.86. The molecule has 3 aromatic rings. The molecule has 0 N–H and O–H groups in total. The van der Waals surface area contributed by atoms with Gasteiger partial charge < -0.3 is 0 Å². The molecule has 3 nitrogen and oxygen atoms in total. The second kappa shape index (κ2) is 5.64. The van der Waals surface area contributed by atoms with Crippen molar-refractivity contribution in [3.63, 3.8) is 0 Å². The monoisotopic (exact) mass is 323 g/mol. The Hall–Kier alpha value is -1.23. The first-order chi connectivity index (χ1) is 9.65. The van der Waals surface area contributed by atoms with Gasteiger partial charge in [-0.2, -0.15) is 0 Å². The standard InChI is InChI=1S/C14H11Cl2N3S/c1-9(10-5-3-2-4-6-10)20-14-18-17-13-12(16)7-11(15)8-19(13)14/h2-9H,1H3/t9-/m0/s1. The van der Waals surface area contributed by atoms with Gasteiger partial charge in [0.15, 0.2) is 10.8 Å². The molecule has 0 bridgehead atoms. The van der Waals surface area contributed by atoms with E-state index >= 15 is 0 Å². The molecule has 0 aliphatic rings. The van der Waals surface area contributed by atoms with E-state index in [-0.39, 0.29) is 5.25 Å². The van der Waals surface area contributed by atoms with E-state index in [1.54, 1.807) is 24.0 Å². The highest BCUT2D eigenvalue weighted by atomic mass is 35.5. The maximum atomic E-state index is 6.11. The first kappa shape index (κ1) is 13.7. The summed E-state index contributed by atoms with van der Waals surface area (Å²) in [6, 6.07) is 11.9. The molecule has 0 saturated heterocycles. The molecular weight excluding hydrogens is 313 g/mol. The van der Waals surface area contributed by atoms with E-state index in [1.165, 1.54) is 5.56 Å². The fourth-order valence-corrected chi connectivity index (χ4v) is 3.39. The summed E-state index contributed by atoms with van der Waals surface area (Å²) in [6.45, 7) is 2.13. The highest BCUT2D eigenvalue weighted by Crippen LogP contribution is 2.34. The zero-order valence-electron chi connectivity index (χ0n) is 10.6. The Morgan fingerprint density at radius 2 is 1.90 bits per heavy atom.